The van der Waals surface area contributed by atoms with Gasteiger partial charge in [0.15, 0.2) is 5.78 Å². The Balaban J connectivity index is 2.62. The van der Waals surface area contributed by atoms with E-state index in [0.29, 0.717) is 17.2 Å². The molecule has 0 radical (unpaired) electrons. The first-order valence-corrected chi connectivity index (χ1v) is 12.9. The molecule has 0 spiro atoms. The number of aliphatic imine (C=N–C) groups is 1. The lowest BCUT2D eigenvalue weighted by molar-refractivity contribution is -0.134. The molecule has 4 N–H and O–H groups in total. The first-order valence-electron chi connectivity index (χ1n) is 12.9. The maximum Gasteiger partial charge on any atom is 0.339 e. The fourth-order valence-corrected chi connectivity index (χ4v) is 4.26. The Morgan fingerprint density at radius 2 is 1.89 bits per heavy atom. The van der Waals surface area contributed by atoms with E-state index >= 15 is 0 Å². The molecule has 7 heteroatoms. The molecule has 7 nitrogen and oxygen atoms in total. The molecule has 2 rings (SSSR count). The average molecular weight is 510 g/mol. The minimum atomic E-state index is -1.24. The molecule has 0 amide bonds. The predicted octanol–water partition coefficient (Wildman–Crippen LogP) is 5.05. The normalized spacial score (nSPS) is 17.2. The van der Waals surface area contributed by atoms with Crippen molar-refractivity contribution in [1.82, 2.24) is 5.32 Å². The molecule has 1 heterocycles. The molecular weight excluding hydrogens is 466 g/mol. The first kappa shape index (κ1) is 30.0. The number of aliphatic carboxylic acids is 1. The molecule has 0 aliphatic carbocycles. The van der Waals surface area contributed by atoms with Crippen molar-refractivity contribution in [3.05, 3.63) is 52.7 Å². The highest BCUT2D eigenvalue weighted by molar-refractivity contribution is 6.22. The summed E-state index contributed by atoms with van der Waals surface area (Å²) < 4.78 is 5.76. The van der Waals surface area contributed by atoms with Gasteiger partial charge < -0.3 is 20.9 Å². The Bertz CT molecular complexity index is 1100. The molecule has 1 saturated heterocycles. The van der Waals surface area contributed by atoms with E-state index in [-0.39, 0.29) is 17.0 Å². The second kappa shape index (κ2) is 13.4. The van der Waals surface area contributed by atoms with Crippen LogP contribution in [0.15, 0.2) is 41.1 Å². The van der Waals surface area contributed by atoms with Gasteiger partial charge in [0.25, 0.3) is 0 Å². The van der Waals surface area contributed by atoms with E-state index in [9.17, 15) is 14.7 Å². The van der Waals surface area contributed by atoms with Crippen LogP contribution >= 0.6 is 0 Å². The summed E-state index contributed by atoms with van der Waals surface area (Å²) in [6.07, 6.45) is 8.83. The summed E-state index contributed by atoms with van der Waals surface area (Å²) in [6.45, 7) is 14.1. The second-order valence-electron chi connectivity index (χ2n) is 10.8. The lowest BCUT2D eigenvalue weighted by atomic mass is 9.77. The van der Waals surface area contributed by atoms with E-state index in [0.717, 1.165) is 54.6 Å². The van der Waals surface area contributed by atoms with Gasteiger partial charge in [-0.1, -0.05) is 33.8 Å². The van der Waals surface area contributed by atoms with Crippen LogP contribution in [0.25, 0.3) is 11.1 Å². The predicted molar refractivity (Wildman–Crippen MR) is 152 cm³/mol. The van der Waals surface area contributed by atoms with Crippen LogP contribution in [0.1, 0.15) is 71.1 Å². The minimum absolute atomic E-state index is 0.0647. The standard InChI is InChI=1S/C30H43N3O4/c1-8-24(29(35)36)27(34)13-19(2)25-16-28(37-7)26(15-21(25)14-20(3)30(4,5)6)22(17-31)18-33-23-9-11-32-12-10-23/h8,13,15-18,20,23,32H,9-12,14,31H2,1-7H3,(H,35,36)/b19-13+,22-17?,24-8+,33-18?. The zero-order chi connectivity index (χ0) is 27.8. The van der Waals surface area contributed by atoms with Gasteiger partial charge in [-0.05, 0) is 92.4 Å². The molecule has 202 valence electrons. The third-order valence-electron chi connectivity index (χ3n) is 7.21. The molecule has 1 aliphatic heterocycles. The number of methoxy groups -OCH3 is 1. The van der Waals surface area contributed by atoms with E-state index < -0.39 is 11.8 Å². The Morgan fingerprint density at radius 3 is 2.41 bits per heavy atom. The highest BCUT2D eigenvalue weighted by Gasteiger charge is 2.24. The summed E-state index contributed by atoms with van der Waals surface area (Å²) in [5.74, 6) is -0.839. The zero-order valence-electron chi connectivity index (χ0n) is 23.4. The molecule has 0 aromatic heterocycles. The lowest BCUT2D eigenvalue weighted by Gasteiger charge is -2.29. The van der Waals surface area contributed by atoms with Crippen molar-refractivity contribution < 1.29 is 19.4 Å². The quantitative estimate of drug-likeness (QED) is 0.176. The fourth-order valence-electron chi connectivity index (χ4n) is 4.26. The van der Waals surface area contributed by atoms with Crippen LogP contribution in [-0.4, -0.2) is 49.3 Å². The van der Waals surface area contributed by atoms with Gasteiger partial charge in [-0.15, -0.1) is 0 Å². The number of rotatable bonds is 10. The molecule has 1 aromatic rings. The number of allylic oxidation sites excluding steroid dienone is 4. The van der Waals surface area contributed by atoms with Gasteiger partial charge in [0, 0.05) is 23.6 Å². The number of carbonyl (C=O) groups excluding carboxylic acids is 1. The number of carboxylic acid groups (broad SMARTS) is 1. The number of nitrogens with two attached hydrogens (primary N) is 1. The highest BCUT2D eigenvalue weighted by atomic mass is 16.5. The number of piperidine rings is 1. The summed E-state index contributed by atoms with van der Waals surface area (Å²) in [4.78, 5) is 29.0. The van der Waals surface area contributed by atoms with Crippen LogP contribution in [0.3, 0.4) is 0 Å². The van der Waals surface area contributed by atoms with E-state index in [4.69, 9.17) is 15.5 Å². The Morgan fingerprint density at radius 1 is 1.24 bits per heavy atom. The van der Waals surface area contributed by atoms with Gasteiger partial charge >= 0.3 is 5.97 Å². The molecule has 0 bridgehead atoms. The number of benzene rings is 1. The number of nitrogens with zero attached hydrogens (tertiary/aromatic N) is 1. The number of nitrogens with one attached hydrogen (secondary N) is 1. The SMILES string of the molecule is C/C=C(/C(=O)O)C(=O)/C=C(\C)c1cc(OC)c(C(C=NC2CCNCC2)=CN)cc1CC(C)C(C)(C)C. The number of hydrogen-bond donors (Lipinski definition) is 3. The van der Waals surface area contributed by atoms with Crippen molar-refractivity contribution in [3.8, 4) is 5.75 Å². The minimum Gasteiger partial charge on any atom is -0.496 e. The van der Waals surface area contributed by atoms with Gasteiger partial charge in [0.05, 0.1) is 13.2 Å². The van der Waals surface area contributed by atoms with Crippen LogP contribution in [0.2, 0.25) is 0 Å². The molecule has 1 atom stereocenters. The second-order valence-corrected chi connectivity index (χ2v) is 10.8. The monoisotopic (exact) mass is 509 g/mol. The van der Waals surface area contributed by atoms with Crippen molar-refractivity contribution in [2.75, 3.05) is 20.2 Å². The van der Waals surface area contributed by atoms with Crippen LogP contribution in [0.4, 0.5) is 0 Å². The molecular formula is C30H43N3O4. The van der Waals surface area contributed by atoms with Crippen molar-refractivity contribution in [2.24, 2.45) is 22.1 Å². The van der Waals surface area contributed by atoms with Crippen LogP contribution in [0.5, 0.6) is 5.75 Å². The number of carboxylic acids is 1. The molecule has 1 unspecified atom stereocenters. The lowest BCUT2D eigenvalue weighted by Crippen LogP contribution is -2.29. The average Bonchev–Trinajstić information content (AvgIpc) is 2.84. The fraction of sp³-hybridized carbons (Fsp3) is 0.500. The van der Waals surface area contributed by atoms with Crippen molar-refractivity contribution in [1.29, 1.82) is 0 Å². The van der Waals surface area contributed by atoms with Gasteiger partial charge in [0.1, 0.15) is 11.3 Å². The van der Waals surface area contributed by atoms with Crippen molar-refractivity contribution >= 4 is 29.1 Å². The van der Waals surface area contributed by atoms with E-state index in [1.54, 1.807) is 20.2 Å². The van der Waals surface area contributed by atoms with Crippen molar-refractivity contribution in [3.63, 3.8) is 0 Å². The van der Waals surface area contributed by atoms with Crippen LogP contribution in [-0.2, 0) is 16.0 Å². The van der Waals surface area contributed by atoms with Gasteiger partial charge in [-0.3, -0.25) is 9.79 Å². The van der Waals surface area contributed by atoms with E-state index in [1.165, 1.54) is 12.2 Å². The smallest absolute Gasteiger partial charge is 0.339 e. The molecule has 37 heavy (non-hydrogen) atoms. The topological polar surface area (TPSA) is 114 Å². The third-order valence-corrected chi connectivity index (χ3v) is 7.21. The Labute approximate surface area is 221 Å². The number of ether oxygens (including phenoxy) is 1. The first-order chi connectivity index (χ1) is 17.4. The van der Waals surface area contributed by atoms with Gasteiger partial charge in [-0.25, -0.2) is 4.79 Å². The summed E-state index contributed by atoms with van der Waals surface area (Å²) >= 11 is 0. The molecule has 1 aromatic carbocycles. The number of ketones is 1. The summed E-state index contributed by atoms with van der Waals surface area (Å²) in [5.41, 5.74) is 10.0. The number of carbonyl (C=O) groups is 2. The molecule has 1 aliphatic rings. The zero-order valence-corrected chi connectivity index (χ0v) is 23.4. The number of hydrogen-bond acceptors (Lipinski definition) is 6. The summed E-state index contributed by atoms with van der Waals surface area (Å²) in [5, 5.41) is 12.7. The van der Waals surface area contributed by atoms with Gasteiger partial charge in [-0.2, -0.15) is 0 Å². The Hall–Kier alpha value is -3.19. The van der Waals surface area contributed by atoms with Crippen LogP contribution in [0, 0.1) is 11.3 Å². The largest absolute Gasteiger partial charge is 0.496 e. The third kappa shape index (κ3) is 8.15. The van der Waals surface area contributed by atoms with Crippen LogP contribution < -0.4 is 15.8 Å². The summed E-state index contributed by atoms with van der Waals surface area (Å²) in [6, 6.07) is 4.24. The van der Waals surface area contributed by atoms with Gasteiger partial charge in [0.2, 0.25) is 0 Å². The highest BCUT2D eigenvalue weighted by Crippen LogP contribution is 2.36. The molecule has 0 saturated carbocycles. The maximum atomic E-state index is 12.7. The summed E-state index contributed by atoms with van der Waals surface area (Å²) in [7, 11) is 1.60. The van der Waals surface area contributed by atoms with E-state index in [2.05, 4.69) is 39.1 Å². The molecule has 1 fully saturated rings. The van der Waals surface area contributed by atoms with E-state index in [1.807, 2.05) is 19.2 Å². The Kier molecular flexibility index (Phi) is 10.9. The maximum absolute atomic E-state index is 12.7. The van der Waals surface area contributed by atoms with Crippen molar-refractivity contribution in [2.45, 2.75) is 66.8 Å².